The molecule has 0 amide bonds. The van der Waals surface area contributed by atoms with E-state index in [4.69, 9.17) is 14.2 Å². The Morgan fingerprint density at radius 2 is 1.79 bits per heavy atom. The molecular formula is C18H21BrO5. The van der Waals surface area contributed by atoms with Gasteiger partial charge in [0.2, 0.25) is 0 Å². The molecule has 2 aromatic rings. The molecule has 5 nitrogen and oxygen atoms in total. The van der Waals surface area contributed by atoms with Crippen molar-refractivity contribution in [2.75, 3.05) is 20.8 Å². The first-order chi connectivity index (χ1) is 11.5. The van der Waals surface area contributed by atoms with Crippen LogP contribution in [-0.2, 0) is 0 Å². The summed E-state index contributed by atoms with van der Waals surface area (Å²) in [6.45, 7) is 2.62. The lowest BCUT2D eigenvalue weighted by Gasteiger charge is -2.16. The molecule has 0 unspecified atom stereocenters. The number of hydrogen-bond acceptors (Lipinski definition) is 5. The number of phenolic OH excluding ortho intramolecular Hbond substituents is 2. The van der Waals surface area contributed by atoms with E-state index in [0.29, 0.717) is 39.5 Å². The largest absolute Gasteiger partial charge is 0.504 e. The molecule has 2 N–H and O–H groups in total. The molecule has 0 fully saturated rings. The van der Waals surface area contributed by atoms with E-state index >= 15 is 0 Å². The molecule has 0 aliphatic rings. The van der Waals surface area contributed by atoms with E-state index in [9.17, 15) is 10.2 Å². The highest BCUT2D eigenvalue weighted by molar-refractivity contribution is 9.10. The lowest BCUT2D eigenvalue weighted by Crippen LogP contribution is -1.97. The fourth-order valence-electron chi connectivity index (χ4n) is 2.35. The molecule has 0 heterocycles. The number of aromatic hydroxyl groups is 2. The minimum Gasteiger partial charge on any atom is -0.504 e. The predicted octanol–water partition coefficient (Wildman–Crippen LogP) is 4.72. The summed E-state index contributed by atoms with van der Waals surface area (Å²) in [4.78, 5) is 0. The Balaban J connectivity index is 2.46. The third-order valence-corrected chi connectivity index (χ3v) is 4.19. The Labute approximate surface area is 149 Å². The van der Waals surface area contributed by atoms with Crippen LogP contribution >= 0.6 is 15.9 Å². The van der Waals surface area contributed by atoms with Gasteiger partial charge in [-0.15, -0.1) is 0 Å². The van der Waals surface area contributed by atoms with Crippen LogP contribution in [0.2, 0.25) is 0 Å². The third-order valence-electron chi connectivity index (χ3n) is 3.60. The molecule has 0 aliphatic heterocycles. The molecule has 0 atom stereocenters. The molecular weight excluding hydrogens is 376 g/mol. The molecule has 0 aliphatic carbocycles. The van der Waals surface area contributed by atoms with Gasteiger partial charge in [-0.2, -0.15) is 0 Å². The first kappa shape index (κ1) is 18.3. The Kier molecular flexibility index (Phi) is 6.20. The van der Waals surface area contributed by atoms with Crippen molar-refractivity contribution in [3.63, 3.8) is 0 Å². The Bertz CT molecular complexity index is 715. The van der Waals surface area contributed by atoms with Gasteiger partial charge in [0.05, 0.1) is 30.9 Å². The normalized spacial score (nSPS) is 10.5. The van der Waals surface area contributed by atoms with Crippen molar-refractivity contribution in [3.8, 4) is 39.9 Å². The number of benzene rings is 2. The molecule has 0 aromatic heterocycles. The highest BCUT2D eigenvalue weighted by Crippen LogP contribution is 2.49. The monoisotopic (exact) mass is 396 g/mol. The molecule has 2 aromatic carbocycles. The van der Waals surface area contributed by atoms with Crippen molar-refractivity contribution < 1.29 is 24.4 Å². The average molecular weight is 397 g/mol. The van der Waals surface area contributed by atoms with Gasteiger partial charge in [-0.25, -0.2) is 0 Å². The summed E-state index contributed by atoms with van der Waals surface area (Å²) in [7, 11) is 2.98. The molecule has 0 bridgehead atoms. The highest BCUT2D eigenvalue weighted by atomic mass is 79.9. The standard InChI is InChI=1S/C18H21BrO5/c1-4-5-8-24-14-7-6-11(9-13(14)20)16-15(22-2)10-12(19)18(23-3)17(16)21/h6-7,9-10,20-21H,4-5,8H2,1-3H3. The lowest BCUT2D eigenvalue weighted by molar-refractivity contribution is 0.293. The van der Waals surface area contributed by atoms with Gasteiger partial charge in [0.15, 0.2) is 23.0 Å². The van der Waals surface area contributed by atoms with Crippen molar-refractivity contribution in [2.45, 2.75) is 19.8 Å². The molecule has 0 saturated heterocycles. The quantitative estimate of drug-likeness (QED) is 0.662. The zero-order valence-corrected chi connectivity index (χ0v) is 15.5. The van der Waals surface area contributed by atoms with Crippen molar-refractivity contribution in [2.24, 2.45) is 0 Å². The number of unbranched alkanes of at least 4 members (excludes halogenated alkanes) is 1. The van der Waals surface area contributed by atoms with Crippen molar-refractivity contribution in [1.82, 2.24) is 0 Å². The molecule has 24 heavy (non-hydrogen) atoms. The number of hydrogen-bond donors (Lipinski definition) is 2. The van der Waals surface area contributed by atoms with Crippen LogP contribution in [0.3, 0.4) is 0 Å². The maximum absolute atomic E-state index is 10.5. The topological polar surface area (TPSA) is 68.2 Å². The summed E-state index contributed by atoms with van der Waals surface area (Å²) < 4.78 is 16.7. The van der Waals surface area contributed by atoms with Gasteiger partial charge < -0.3 is 24.4 Å². The second-order valence-corrected chi connectivity index (χ2v) is 6.06. The smallest absolute Gasteiger partial charge is 0.175 e. The SMILES string of the molecule is CCCCOc1ccc(-c2c(OC)cc(Br)c(OC)c2O)cc1O. The number of methoxy groups -OCH3 is 2. The minimum absolute atomic E-state index is 0.00643. The van der Waals surface area contributed by atoms with Gasteiger partial charge in [-0.05, 0) is 46.1 Å². The summed E-state index contributed by atoms with van der Waals surface area (Å²) >= 11 is 3.33. The van der Waals surface area contributed by atoms with Gasteiger partial charge >= 0.3 is 0 Å². The zero-order chi connectivity index (χ0) is 17.7. The first-order valence-corrected chi connectivity index (χ1v) is 8.42. The molecule has 0 spiro atoms. The fourth-order valence-corrected chi connectivity index (χ4v) is 2.91. The fraction of sp³-hybridized carbons (Fsp3) is 0.333. The number of rotatable bonds is 7. The van der Waals surface area contributed by atoms with Crippen LogP contribution in [0.5, 0.6) is 28.7 Å². The molecule has 0 radical (unpaired) electrons. The van der Waals surface area contributed by atoms with Crippen molar-refractivity contribution in [1.29, 1.82) is 0 Å². The molecule has 6 heteroatoms. The van der Waals surface area contributed by atoms with Crippen LogP contribution in [0.15, 0.2) is 28.7 Å². The van der Waals surface area contributed by atoms with Gasteiger partial charge in [0, 0.05) is 0 Å². The van der Waals surface area contributed by atoms with E-state index in [1.165, 1.54) is 20.3 Å². The van der Waals surface area contributed by atoms with Crippen LogP contribution in [0.1, 0.15) is 19.8 Å². The summed E-state index contributed by atoms with van der Waals surface area (Å²) in [5.41, 5.74) is 1.03. The van der Waals surface area contributed by atoms with Crippen molar-refractivity contribution >= 4 is 15.9 Å². The Morgan fingerprint density at radius 1 is 1.04 bits per heavy atom. The van der Waals surface area contributed by atoms with Crippen LogP contribution in [0.25, 0.3) is 11.1 Å². The van der Waals surface area contributed by atoms with E-state index in [-0.39, 0.29) is 11.5 Å². The minimum atomic E-state index is -0.0669. The summed E-state index contributed by atoms with van der Waals surface area (Å²) in [6, 6.07) is 6.67. The lowest BCUT2D eigenvalue weighted by atomic mass is 10.0. The number of phenols is 2. The van der Waals surface area contributed by atoms with Gasteiger partial charge in [-0.3, -0.25) is 0 Å². The first-order valence-electron chi connectivity index (χ1n) is 7.63. The predicted molar refractivity (Wildman–Crippen MR) is 96.4 cm³/mol. The van der Waals surface area contributed by atoms with Crippen LogP contribution < -0.4 is 14.2 Å². The van der Waals surface area contributed by atoms with Gasteiger partial charge in [0.1, 0.15) is 5.75 Å². The van der Waals surface area contributed by atoms with E-state index in [1.54, 1.807) is 18.2 Å². The molecule has 0 saturated carbocycles. The van der Waals surface area contributed by atoms with E-state index < -0.39 is 0 Å². The second kappa shape index (κ2) is 8.15. The summed E-state index contributed by atoms with van der Waals surface area (Å²) in [5, 5.41) is 20.7. The van der Waals surface area contributed by atoms with E-state index in [1.807, 2.05) is 0 Å². The van der Waals surface area contributed by atoms with Gasteiger partial charge in [-0.1, -0.05) is 19.4 Å². The molecule has 130 valence electrons. The summed E-state index contributed by atoms with van der Waals surface area (Å²) in [5.74, 6) is 1.11. The van der Waals surface area contributed by atoms with Gasteiger partial charge in [0.25, 0.3) is 0 Å². The average Bonchev–Trinajstić information content (AvgIpc) is 2.56. The van der Waals surface area contributed by atoms with Crippen LogP contribution in [-0.4, -0.2) is 31.0 Å². The Morgan fingerprint density at radius 3 is 2.38 bits per heavy atom. The van der Waals surface area contributed by atoms with E-state index in [2.05, 4.69) is 22.9 Å². The second-order valence-electron chi connectivity index (χ2n) is 5.20. The van der Waals surface area contributed by atoms with E-state index in [0.717, 1.165) is 12.8 Å². The zero-order valence-electron chi connectivity index (χ0n) is 13.9. The van der Waals surface area contributed by atoms with Crippen LogP contribution in [0, 0.1) is 0 Å². The van der Waals surface area contributed by atoms with Crippen molar-refractivity contribution in [3.05, 3.63) is 28.7 Å². The third kappa shape index (κ3) is 3.70. The Hall–Kier alpha value is -2.08. The number of halogens is 1. The molecule has 2 rings (SSSR count). The summed E-state index contributed by atoms with van der Waals surface area (Å²) in [6.07, 6.45) is 1.93. The maximum atomic E-state index is 10.5. The van der Waals surface area contributed by atoms with Crippen LogP contribution in [0.4, 0.5) is 0 Å². The number of ether oxygens (including phenoxy) is 3. The highest BCUT2D eigenvalue weighted by Gasteiger charge is 2.20. The maximum Gasteiger partial charge on any atom is 0.175 e.